The largest absolute Gasteiger partial charge is 0.492 e. The van der Waals surface area contributed by atoms with Crippen LogP contribution >= 0.6 is 11.6 Å². The van der Waals surface area contributed by atoms with E-state index in [4.69, 9.17) is 16.3 Å². The highest BCUT2D eigenvalue weighted by Crippen LogP contribution is 2.17. The highest BCUT2D eigenvalue weighted by Gasteiger charge is 2.15. The van der Waals surface area contributed by atoms with Crippen molar-refractivity contribution in [2.24, 2.45) is 0 Å². The minimum Gasteiger partial charge on any atom is -0.492 e. The maximum atomic E-state index is 12.4. The molecule has 0 bridgehead atoms. The summed E-state index contributed by atoms with van der Waals surface area (Å²) >= 11 is 5.83. The molecule has 6 heteroatoms. The third kappa shape index (κ3) is 4.06. The number of benzene rings is 2. The van der Waals surface area contributed by atoms with Crippen LogP contribution in [0.2, 0.25) is 5.02 Å². The third-order valence-electron chi connectivity index (χ3n) is 4.07. The molecule has 1 amide bonds. The summed E-state index contributed by atoms with van der Waals surface area (Å²) in [6.45, 7) is 4.68. The van der Waals surface area contributed by atoms with E-state index in [2.05, 4.69) is 10.4 Å². The van der Waals surface area contributed by atoms with Gasteiger partial charge in [-0.1, -0.05) is 29.8 Å². The molecule has 0 saturated carbocycles. The number of ether oxygens (including phenoxy) is 1. The standard InChI is InChI=1S/C20H20ClN3O2/c1-14-5-3-4-6-19(14)24-15(2)18(13-23-24)20(25)22-11-12-26-17-9-7-16(21)8-10-17/h3-10,13H,11-12H2,1-2H3,(H,22,25). The normalized spacial score (nSPS) is 10.6. The molecule has 26 heavy (non-hydrogen) atoms. The summed E-state index contributed by atoms with van der Waals surface area (Å²) in [5.41, 5.74) is 3.42. The van der Waals surface area contributed by atoms with Crippen molar-refractivity contribution in [1.29, 1.82) is 0 Å². The van der Waals surface area contributed by atoms with E-state index in [0.29, 0.717) is 29.5 Å². The van der Waals surface area contributed by atoms with Crippen molar-refractivity contribution in [3.05, 3.63) is 76.6 Å². The molecule has 0 aliphatic rings. The van der Waals surface area contributed by atoms with E-state index in [1.54, 1.807) is 35.1 Å². The van der Waals surface area contributed by atoms with Gasteiger partial charge < -0.3 is 10.1 Å². The number of hydrogen-bond acceptors (Lipinski definition) is 3. The van der Waals surface area contributed by atoms with Crippen LogP contribution in [0.25, 0.3) is 5.69 Å². The predicted molar refractivity (Wildman–Crippen MR) is 102 cm³/mol. The van der Waals surface area contributed by atoms with E-state index in [-0.39, 0.29) is 5.91 Å². The zero-order valence-electron chi connectivity index (χ0n) is 14.7. The first-order valence-electron chi connectivity index (χ1n) is 8.33. The van der Waals surface area contributed by atoms with Gasteiger partial charge in [-0.2, -0.15) is 5.10 Å². The third-order valence-corrected chi connectivity index (χ3v) is 4.32. The molecule has 1 N–H and O–H groups in total. The molecule has 0 saturated heterocycles. The fraction of sp³-hybridized carbons (Fsp3) is 0.200. The quantitative estimate of drug-likeness (QED) is 0.669. The Hall–Kier alpha value is -2.79. The summed E-state index contributed by atoms with van der Waals surface area (Å²) in [5, 5.41) is 7.88. The Morgan fingerprint density at radius 1 is 1.15 bits per heavy atom. The summed E-state index contributed by atoms with van der Waals surface area (Å²) in [5.74, 6) is 0.550. The second-order valence-electron chi connectivity index (χ2n) is 5.90. The molecule has 0 unspecified atom stereocenters. The van der Waals surface area contributed by atoms with Gasteiger partial charge in [-0.05, 0) is 49.7 Å². The van der Waals surface area contributed by atoms with E-state index < -0.39 is 0 Å². The predicted octanol–water partition coefficient (Wildman–Crippen LogP) is 3.95. The second kappa shape index (κ2) is 8.06. The molecule has 3 aromatic rings. The number of aromatic nitrogens is 2. The molecule has 3 rings (SSSR count). The first kappa shape index (κ1) is 18.0. The molecular formula is C20H20ClN3O2. The van der Waals surface area contributed by atoms with Gasteiger partial charge in [-0.15, -0.1) is 0 Å². The van der Waals surface area contributed by atoms with Gasteiger partial charge in [0.1, 0.15) is 12.4 Å². The van der Waals surface area contributed by atoms with E-state index in [1.807, 2.05) is 38.1 Å². The van der Waals surface area contributed by atoms with E-state index in [1.165, 1.54) is 0 Å². The van der Waals surface area contributed by atoms with Crippen LogP contribution in [0.15, 0.2) is 54.7 Å². The number of para-hydroxylation sites is 1. The fourth-order valence-electron chi connectivity index (χ4n) is 2.64. The number of hydrogen-bond donors (Lipinski definition) is 1. The van der Waals surface area contributed by atoms with Gasteiger partial charge in [0.2, 0.25) is 0 Å². The monoisotopic (exact) mass is 369 g/mol. The molecule has 2 aromatic carbocycles. The van der Waals surface area contributed by atoms with Crippen LogP contribution in [0.1, 0.15) is 21.6 Å². The Kier molecular flexibility index (Phi) is 5.58. The highest BCUT2D eigenvalue weighted by atomic mass is 35.5. The summed E-state index contributed by atoms with van der Waals surface area (Å²) in [6, 6.07) is 15.0. The molecule has 0 radical (unpaired) electrons. The van der Waals surface area contributed by atoms with Crippen molar-refractivity contribution in [2.45, 2.75) is 13.8 Å². The Balaban J connectivity index is 1.58. The minimum absolute atomic E-state index is 0.165. The lowest BCUT2D eigenvalue weighted by Crippen LogP contribution is -2.28. The van der Waals surface area contributed by atoms with Crippen molar-refractivity contribution < 1.29 is 9.53 Å². The summed E-state index contributed by atoms with van der Waals surface area (Å²) < 4.78 is 7.36. The Bertz CT molecular complexity index is 904. The SMILES string of the molecule is Cc1ccccc1-n1ncc(C(=O)NCCOc2ccc(Cl)cc2)c1C. The number of amides is 1. The Morgan fingerprint density at radius 3 is 2.62 bits per heavy atom. The maximum absolute atomic E-state index is 12.4. The first-order valence-corrected chi connectivity index (χ1v) is 8.71. The molecule has 5 nitrogen and oxygen atoms in total. The molecule has 1 aromatic heterocycles. The molecule has 1 heterocycles. The lowest BCUT2D eigenvalue weighted by Gasteiger charge is -2.09. The van der Waals surface area contributed by atoms with Gasteiger partial charge in [-0.25, -0.2) is 4.68 Å². The number of halogens is 1. The van der Waals surface area contributed by atoms with Crippen LogP contribution in [0, 0.1) is 13.8 Å². The van der Waals surface area contributed by atoms with Gasteiger partial charge in [-0.3, -0.25) is 4.79 Å². The first-order chi connectivity index (χ1) is 12.6. The van der Waals surface area contributed by atoms with Crippen LogP contribution in [0.4, 0.5) is 0 Å². The van der Waals surface area contributed by atoms with Crippen LogP contribution in [0.3, 0.4) is 0 Å². The second-order valence-corrected chi connectivity index (χ2v) is 6.34. The average molecular weight is 370 g/mol. The zero-order chi connectivity index (χ0) is 18.5. The number of carbonyl (C=O) groups excluding carboxylic acids is 1. The molecular weight excluding hydrogens is 350 g/mol. The zero-order valence-corrected chi connectivity index (χ0v) is 15.5. The number of nitrogens with one attached hydrogen (secondary N) is 1. The molecule has 0 spiro atoms. The van der Waals surface area contributed by atoms with Gasteiger partial charge in [0, 0.05) is 5.02 Å². The van der Waals surface area contributed by atoms with Crippen LogP contribution in [0.5, 0.6) is 5.75 Å². The lowest BCUT2D eigenvalue weighted by molar-refractivity contribution is 0.0946. The van der Waals surface area contributed by atoms with Crippen LogP contribution in [-0.4, -0.2) is 28.8 Å². The van der Waals surface area contributed by atoms with Crippen molar-refractivity contribution >= 4 is 17.5 Å². The fourth-order valence-corrected chi connectivity index (χ4v) is 2.76. The molecule has 0 fully saturated rings. The number of aryl methyl sites for hydroxylation is 1. The minimum atomic E-state index is -0.165. The number of carbonyl (C=O) groups is 1. The van der Waals surface area contributed by atoms with Crippen molar-refractivity contribution in [3.63, 3.8) is 0 Å². The number of nitrogens with zero attached hydrogens (tertiary/aromatic N) is 2. The smallest absolute Gasteiger partial charge is 0.254 e. The van der Waals surface area contributed by atoms with Crippen LogP contribution in [-0.2, 0) is 0 Å². The van der Waals surface area contributed by atoms with Crippen molar-refractivity contribution in [2.75, 3.05) is 13.2 Å². The molecule has 0 aliphatic carbocycles. The van der Waals surface area contributed by atoms with E-state index >= 15 is 0 Å². The van der Waals surface area contributed by atoms with Gasteiger partial charge >= 0.3 is 0 Å². The van der Waals surface area contributed by atoms with Gasteiger partial charge in [0.15, 0.2) is 0 Å². The number of rotatable bonds is 6. The molecule has 0 aliphatic heterocycles. The van der Waals surface area contributed by atoms with E-state index in [0.717, 1.165) is 16.9 Å². The summed E-state index contributed by atoms with van der Waals surface area (Å²) in [6.07, 6.45) is 1.59. The summed E-state index contributed by atoms with van der Waals surface area (Å²) in [7, 11) is 0. The highest BCUT2D eigenvalue weighted by molar-refractivity contribution is 6.30. The topological polar surface area (TPSA) is 56.2 Å². The Labute approximate surface area is 157 Å². The van der Waals surface area contributed by atoms with Gasteiger partial charge in [0.25, 0.3) is 5.91 Å². The average Bonchev–Trinajstić information content (AvgIpc) is 3.02. The van der Waals surface area contributed by atoms with Crippen LogP contribution < -0.4 is 10.1 Å². The maximum Gasteiger partial charge on any atom is 0.254 e. The van der Waals surface area contributed by atoms with E-state index in [9.17, 15) is 4.79 Å². The summed E-state index contributed by atoms with van der Waals surface area (Å²) in [4.78, 5) is 12.4. The Morgan fingerprint density at radius 2 is 1.88 bits per heavy atom. The lowest BCUT2D eigenvalue weighted by atomic mass is 10.2. The van der Waals surface area contributed by atoms with Gasteiger partial charge in [0.05, 0.1) is 29.7 Å². The van der Waals surface area contributed by atoms with Crippen molar-refractivity contribution in [1.82, 2.24) is 15.1 Å². The molecule has 134 valence electrons. The van der Waals surface area contributed by atoms with Crippen molar-refractivity contribution in [3.8, 4) is 11.4 Å². The molecule has 0 atom stereocenters.